The first-order valence-electron chi connectivity index (χ1n) is 13.0. The molecule has 3 atom stereocenters. The number of carbonyl (C=O) groups is 1. The molecular weight excluding hydrogens is 541 g/mol. The highest BCUT2D eigenvalue weighted by Gasteiger charge is 2.60. The molecule has 4 aliphatic heterocycles. The average Bonchev–Trinajstić information content (AvgIpc) is 2.95. The fourth-order valence-corrected chi connectivity index (χ4v) is 6.09. The van der Waals surface area contributed by atoms with Gasteiger partial charge in [-0.2, -0.15) is 15.0 Å². The summed E-state index contributed by atoms with van der Waals surface area (Å²) in [6, 6.07) is -0.536. The Morgan fingerprint density at radius 1 is 1.21 bits per heavy atom. The summed E-state index contributed by atoms with van der Waals surface area (Å²) in [5.41, 5.74) is -1.58. The van der Waals surface area contributed by atoms with Crippen molar-refractivity contribution in [3.05, 3.63) is 11.0 Å². The molecule has 2 aromatic rings. The van der Waals surface area contributed by atoms with E-state index >= 15 is 4.39 Å². The number of fused-ring (bicyclic) bond motifs is 3. The van der Waals surface area contributed by atoms with Gasteiger partial charge >= 0.3 is 12.1 Å². The van der Waals surface area contributed by atoms with Crippen LogP contribution in [0, 0.1) is 5.82 Å². The second kappa shape index (κ2) is 8.85. The van der Waals surface area contributed by atoms with Gasteiger partial charge in [0.1, 0.15) is 35.0 Å². The molecule has 0 saturated carbocycles. The van der Waals surface area contributed by atoms with Gasteiger partial charge in [-0.25, -0.2) is 18.0 Å². The number of amides is 1. The predicted octanol–water partition coefficient (Wildman–Crippen LogP) is 3.89. The molecule has 3 saturated heterocycles. The lowest BCUT2D eigenvalue weighted by Gasteiger charge is -2.46. The Morgan fingerprint density at radius 2 is 1.97 bits per heavy atom. The Bertz CT molecular complexity index is 1340. The highest BCUT2D eigenvalue weighted by atomic mass is 35.5. The molecule has 0 aliphatic carbocycles. The fraction of sp³-hybridized carbons (Fsp3) is 0.680. The van der Waals surface area contributed by atoms with Crippen LogP contribution in [0.1, 0.15) is 40.5 Å². The maximum Gasteiger partial charge on any atom is 0.410 e. The number of halogens is 4. The predicted molar refractivity (Wildman–Crippen MR) is 135 cm³/mol. The highest BCUT2D eigenvalue weighted by Crippen LogP contribution is 2.48. The van der Waals surface area contributed by atoms with Gasteiger partial charge in [-0.05, 0) is 34.1 Å². The molecule has 14 heteroatoms. The summed E-state index contributed by atoms with van der Waals surface area (Å²) < 4.78 is 61.1. The van der Waals surface area contributed by atoms with Gasteiger partial charge in [0.2, 0.25) is 5.88 Å². The topological polar surface area (TPSA) is 93.2 Å². The molecule has 2 aromatic heterocycles. The molecular formula is C25H30ClF3N6O4. The first kappa shape index (κ1) is 26.4. The summed E-state index contributed by atoms with van der Waals surface area (Å²) >= 11 is 6.10. The van der Waals surface area contributed by atoms with E-state index in [0.29, 0.717) is 31.9 Å². The summed E-state index contributed by atoms with van der Waals surface area (Å²) in [5, 5.41) is -0.185. The molecule has 212 valence electrons. The van der Waals surface area contributed by atoms with E-state index in [9.17, 15) is 13.6 Å². The number of anilines is 1. The minimum atomic E-state index is -2.79. The van der Waals surface area contributed by atoms with Gasteiger partial charge < -0.3 is 24.0 Å². The van der Waals surface area contributed by atoms with E-state index in [2.05, 4.69) is 15.0 Å². The summed E-state index contributed by atoms with van der Waals surface area (Å²) in [5.74, 6) is -3.25. The monoisotopic (exact) mass is 570 g/mol. The van der Waals surface area contributed by atoms with Gasteiger partial charge in [0.25, 0.3) is 5.92 Å². The molecule has 10 nitrogen and oxygen atoms in total. The number of carbonyl (C=O) groups excluding carboxylic acids is 1. The molecule has 6 rings (SSSR count). The number of alkyl halides is 2. The van der Waals surface area contributed by atoms with E-state index in [1.165, 1.54) is 0 Å². The van der Waals surface area contributed by atoms with Gasteiger partial charge in [-0.1, -0.05) is 11.6 Å². The Balaban J connectivity index is 1.35. The quantitative estimate of drug-likeness (QED) is 0.510. The molecule has 0 unspecified atom stereocenters. The van der Waals surface area contributed by atoms with Crippen molar-refractivity contribution in [1.29, 1.82) is 0 Å². The third-order valence-corrected chi connectivity index (χ3v) is 8.10. The number of hydrogen-bond donors (Lipinski definition) is 0. The maximum atomic E-state index is 15.3. The van der Waals surface area contributed by atoms with Crippen LogP contribution >= 0.6 is 11.6 Å². The number of rotatable bonds is 3. The zero-order valence-electron chi connectivity index (χ0n) is 22.1. The van der Waals surface area contributed by atoms with Crippen LogP contribution in [-0.4, -0.2) is 99.4 Å². The molecule has 39 heavy (non-hydrogen) atoms. The molecule has 6 heterocycles. The lowest BCUT2D eigenvalue weighted by molar-refractivity contribution is -0.0132. The molecule has 4 aliphatic rings. The van der Waals surface area contributed by atoms with Gasteiger partial charge in [0.15, 0.2) is 11.0 Å². The van der Waals surface area contributed by atoms with Crippen LogP contribution in [0.5, 0.6) is 11.9 Å². The number of pyridine rings is 1. The molecule has 0 spiro atoms. The van der Waals surface area contributed by atoms with E-state index in [0.717, 1.165) is 0 Å². The zero-order chi connectivity index (χ0) is 27.9. The van der Waals surface area contributed by atoms with E-state index in [4.69, 9.17) is 25.8 Å². The smallest absolute Gasteiger partial charge is 0.410 e. The van der Waals surface area contributed by atoms with Gasteiger partial charge in [0, 0.05) is 32.6 Å². The first-order chi connectivity index (χ1) is 18.3. The number of nitrogens with zero attached hydrogens (tertiary/aromatic N) is 6. The van der Waals surface area contributed by atoms with Crippen LogP contribution in [0.3, 0.4) is 0 Å². The second-order valence-corrected chi connectivity index (χ2v) is 12.2. The Kier molecular flexibility index (Phi) is 6.00. The third-order valence-electron chi connectivity index (χ3n) is 7.85. The summed E-state index contributed by atoms with van der Waals surface area (Å²) in [7, 11) is 0. The largest absolute Gasteiger partial charge is 0.472 e. The minimum absolute atomic E-state index is 0.0520. The summed E-state index contributed by atoms with van der Waals surface area (Å²) in [6.07, 6.45) is -0.682. The zero-order valence-corrected chi connectivity index (χ0v) is 22.9. The summed E-state index contributed by atoms with van der Waals surface area (Å²) in [4.78, 5) is 31.0. The normalized spacial score (nSPS) is 27.8. The number of aromatic nitrogens is 3. The van der Waals surface area contributed by atoms with Crippen molar-refractivity contribution in [2.24, 2.45) is 0 Å². The van der Waals surface area contributed by atoms with Crippen LogP contribution in [-0.2, 0) is 4.74 Å². The number of hydrogen-bond acceptors (Lipinski definition) is 9. The van der Waals surface area contributed by atoms with Gasteiger partial charge in [-0.3, -0.25) is 4.90 Å². The van der Waals surface area contributed by atoms with Crippen LogP contribution < -0.4 is 14.4 Å². The van der Waals surface area contributed by atoms with Crippen molar-refractivity contribution in [2.75, 3.05) is 44.2 Å². The minimum Gasteiger partial charge on any atom is -0.472 e. The Labute approximate surface area is 228 Å². The molecule has 0 bridgehead atoms. The van der Waals surface area contributed by atoms with Crippen molar-refractivity contribution in [2.45, 2.75) is 69.7 Å². The SMILES string of the molecule is C[C@@H]1Oc2nc(Cl)c(F)c3nc(OC[C@@]45CCN4CC(F)(F)C5)nc(c23)N2CCN(C(=O)OC(C)(C)C)C[C@@H]12. The van der Waals surface area contributed by atoms with Crippen molar-refractivity contribution >= 4 is 34.4 Å². The maximum absolute atomic E-state index is 15.3. The van der Waals surface area contributed by atoms with Crippen LogP contribution in [0.25, 0.3) is 10.9 Å². The Morgan fingerprint density at radius 3 is 2.64 bits per heavy atom. The fourth-order valence-electron chi connectivity index (χ4n) is 5.92. The van der Waals surface area contributed by atoms with Crippen molar-refractivity contribution in [3.63, 3.8) is 0 Å². The van der Waals surface area contributed by atoms with E-state index in [1.807, 2.05) is 11.8 Å². The standard InChI is InChI=1S/C25H30ClF3N6O4/c1-13-14-9-33(22(36)39-23(2,3)4)7-8-35(14)19-15-17(16(27)18(26)31-20(15)38-13)30-21(32-19)37-12-24-5-6-34(24)11-25(28,29)10-24/h13-14H,5-12H2,1-4H3/t13-,14-,24-/m0/s1. The summed E-state index contributed by atoms with van der Waals surface area (Å²) in [6.45, 7) is 8.36. The Hall–Kier alpha value is -2.80. The average molecular weight is 571 g/mol. The second-order valence-electron chi connectivity index (χ2n) is 11.8. The van der Waals surface area contributed by atoms with Crippen molar-refractivity contribution in [3.8, 4) is 11.9 Å². The lowest BCUT2D eigenvalue weighted by atomic mass is 9.85. The number of piperazine rings is 1. The van der Waals surface area contributed by atoms with Crippen molar-refractivity contribution in [1.82, 2.24) is 24.8 Å². The number of ether oxygens (including phenoxy) is 3. The third kappa shape index (κ3) is 4.56. The van der Waals surface area contributed by atoms with Crippen LogP contribution in [0.15, 0.2) is 0 Å². The van der Waals surface area contributed by atoms with Crippen LogP contribution in [0.2, 0.25) is 5.15 Å². The molecule has 3 fully saturated rings. The highest BCUT2D eigenvalue weighted by molar-refractivity contribution is 6.30. The first-order valence-corrected chi connectivity index (χ1v) is 13.4. The molecule has 0 radical (unpaired) electrons. The van der Waals surface area contributed by atoms with Gasteiger partial charge in [-0.15, -0.1) is 0 Å². The van der Waals surface area contributed by atoms with E-state index in [-0.39, 0.29) is 55.0 Å². The lowest BCUT2D eigenvalue weighted by Crippen LogP contribution is -2.60. The van der Waals surface area contributed by atoms with Gasteiger partial charge in [0.05, 0.1) is 18.1 Å². The molecule has 1 amide bonds. The molecule has 0 aromatic carbocycles. The van der Waals surface area contributed by atoms with Crippen molar-refractivity contribution < 1.29 is 32.2 Å². The van der Waals surface area contributed by atoms with E-state index < -0.39 is 40.2 Å². The van der Waals surface area contributed by atoms with Crippen LogP contribution in [0.4, 0.5) is 23.8 Å². The van der Waals surface area contributed by atoms with E-state index in [1.54, 1.807) is 30.6 Å². The molecule has 0 N–H and O–H groups in total.